The highest BCUT2D eigenvalue weighted by Crippen LogP contribution is 2.37. The van der Waals surface area contributed by atoms with E-state index >= 15 is 0 Å². The predicted molar refractivity (Wildman–Crippen MR) is 76.2 cm³/mol. The van der Waals surface area contributed by atoms with Crippen LogP contribution < -0.4 is 0 Å². The molecular formula is C16H26N2O. The van der Waals surface area contributed by atoms with E-state index in [1.54, 1.807) is 0 Å². The first kappa shape index (κ1) is 13.2. The average molecular weight is 262 g/mol. The van der Waals surface area contributed by atoms with Gasteiger partial charge in [0.1, 0.15) is 0 Å². The molecule has 3 heteroatoms. The molecular weight excluding hydrogens is 236 g/mol. The lowest BCUT2D eigenvalue weighted by atomic mass is 9.81. The number of hydrogen-bond acceptors (Lipinski definition) is 2. The van der Waals surface area contributed by atoms with Crippen molar-refractivity contribution in [2.45, 2.75) is 76.9 Å². The summed E-state index contributed by atoms with van der Waals surface area (Å²) >= 11 is 0. The van der Waals surface area contributed by atoms with E-state index in [2.05, 4.69) is 16.5 Å². The summed E-state index contributed by atoms with van der Waals surface area (Å²) in [5, 5.41) is 10.4. The Kier molecular flexibility index (Phi) is 3.92. The minimum absolute atomic E-state index is 0.173. The van der Waals surface area contributed by atoms with Crippen LogP contribution >= 0.6 is 0 Å². The van der Waals surface area contributed by atoms with Crippen LogP contribution in [0.15, 0.2) is 6.33 Å². The Hall–Kier alpha value is -0.830. The number of nitrogens with zero attached hydrogens (tertiary/aromatic N) is 2. The van der Waals surface area contributed by atoms with Gasteiger partial charge in [0, 0.05) is 5.69 Å². The van der Waals surface area contributed by atoms with Crippen LogP contribution in [0.5, 0.6) is 0 Å². The normalized spacial score (nSPS) is 31.2. The maximum atomic E-state index is 10.4. The second-order valence-corrected chi connectivity index (χ2v) is 6.35. The summed E-state index contributed by atoms with van der Waals surface area (Å²) in [6.07, 6.45) is 12.5. The lowest BCUT2D eigenvalue weighted by molar-refractivity contribution is 0.0507. The van der Waals surface area contributed by atoms with Crippen LogP contribution in [-0.2, 0) is 12.8 Å². The zero-order valence-electron chi connectivity index (χ0n) is 12.0. The van der Waals surface area contributed by atoms with E-state index in [1.807, 2.05) is 6.33 Å². The van der Waals surface area contributed by atoms with E-state index in [0.717, 1.165) is 31.6 Å². The summed E-state index contributed by atoms with van der Waals surface area (Å²) in [7, 11) is 0. The molecule has 1 aromatic rings. The topological polar surface area (TPSA) is 38.0 Å². The van der Waals surface area contributed by atoms with Gasteiger partial charge in [0.2, 0.25) is 0 Å². The molecule has 3 unspecified atom stereocenters. The molecule has 1 heterocycles. The fourth-order valence-corrected chi connectivity index (χ4v) is 3.96. The van der Waals surface area contributed by atoms with Crippen molar-refractivity contribution in [3.8, 4) is 0 Å². The molecule has 0 spiro atoms. The third-order valence-corrected chi connectivity index (χ3v) is 5.00. The maximum Gasteiger partial charge on any atom is 0.0955 e. The molecule has 0 aliphatic heterocycles. The van der Waals surface area contributed by atoms with Gasteiger partial charge < -0.3 is 9.67 Å². The van der Waals surface area contributed by atoms with Crippen molar-refractivity contribution >= 4 is 0 Å². The smallest absolute Gasteiger partial charge is 0.0955 e. The van der Waals surface area contributed by atoms with Gasteiger partial charge in [-0.1, -0.05) is 19.8 Å². The van der Waals surface area contributed by atoms with Crippen molar-refractivity contribution in [2.75, 3.05) is 0 Å². The molecule has 3 atom stereocenters. The van der Waals surface area contributed by atoms with Crippen molar-refractivity contribution in [1.82, 2.24) is 9.55 Å². The molecule has 0 radical (unpaired) electrons. The number of fused-ring (bicyclic) bond motifs is 1. The Bertz CT molecular complexity index is 426. The number of aliphatic hydroxyl groups excluding tert-OH is 1. The first-order valence-electron chi connectivity index (χ1n) is 8.02. The van der Waals surface area contributed by atoms with Gasteiger partial charge in [0.15, 0.2) is 0 Å². The quantitative estimate of drug-likeness (QED) is 0.908. The van der Waals surface area contributed by atoms with Crippen LogP contribution in [0.3, 0.4) is 0 Å². The van der Waals surface area contributed by atoms with Gasteiger partial charge in [-0.15, -0.1) is 0 Å². The summed E-state index contributed by atoms with van der Waals surface area (Å²) in [5.41, 5.74) is 2.70. The summed E-state index contributed by atoms with van der Waals surface area (Å²) < 4.78 is 2.32. The van der Waals surface area contributed by atoms with Crippen molar-refractivity contribution in [3.63, 3.8) is 0 Å². The van der Waals surface area contributed by atoms with Crippen molar-refractivity contribution < 1.29 is 5.11 Å². The van der Waals surface area contributed by atoms with E-state index in [0.29, 0.717) is 0 Å². The van der Waals surface area contributed by atoms with Crippen LogP contribution in [0.25, 0.3) is 0 Å². The Morgan fingerprint density at radius 1 is 1.32 bits per heavy atom. The molecule has 1 saturated carbocycles. The number of rotatable bonds is 3. The molecule has 2 aliphatic carbocycles. The molecule has 3 rings (SSSR count). The Labute approximate surface area is 116 Å². The van der Waals surface area contributed by atoms with Gasteiger partial charge in [-0.3, -0.25) is 0 Å². The van der Waals surface area contributed by atoms with Crippen LogP contribution in [0, 0.1) is 5.92 Å². The Balaban J connectivity index is 1.81. The van der Waals surface area contributed by atoms with Gasteiger partial charge in [-0.25, -0.2) is 4.98 Å². The molecule has 1 aromatic heterocycles. The number of aromatic nitrogens is 2. The van der Waals surface area contributed by atoms with Crippen LogP contribution in [-0.4, -0.2) is 20.8 Å². The summed E-state index contributed by atoms with van der Waals surface area (Å²) in [4.78, 5) is 4.59. The highest BCUT2D eigenvalue weighted by molar-refractivity contribution is 5.17. The van der Waals surface area contributed by atoms with Crippen molar-refractivity contribution in [3.05, 3.63) is 17.7 Å². The first-order valence-corrected chi connectivity index (χ1v) is 8.02. The lowest BCUT2D eigenvalue weighted by Crippen LogP contribution is -2.32. The van der Waals surface area contributed by atoms with E-state index in [9.17, 15) is 5.11 Å². The average Bonchev–Trinajstić information content (AvgIpc) is 2.85. The Morgan fingerprint density at radius 3 is 3.00 bits per heavy atom. The van der Waals surface area contributed by atoms with Gasteiger partial charge in [0.05, 0.1) is 24.2 Å². The number of aliphatic hydroxyl groups is 1. The lowest BCUT2D eigenvalue weighted by Gasteiger charge is -2.35. The monoisotopic (exact) mass is 262 g/mol. The summed E-state index contributed by atoms with van der Waals surface area (Å²) in [6, 6.07) is 0.277. The summed E-state index contributed by atoms with van der Waals surface area (Å²) in [6.45, 7) is 2.26. The van der Waals surface area contributed by atoms with Gasteiger partial charge in [0.25, 0.3) is 0 Å². The predicted octanol–water partition coefficient (Wildman–Crippen LogP) is 3.26. The standard InChI is InChI=1S/C16H26N2O/c1-2-5-12-8-9-16(19)15(10-12)18-11-17-13-6-3-4-7-14(13)18/h11-12,15-16,19H,2-10H2,1H3. The minimum Gasteiger partial charge on any atom is -0.391 e. The molecule has 1 N–H and O–H groups in total. The largest absolute Gasteiger partial charge is 0.391 e. The maximum absolute atomic E-state index is 10.4. The third-order valence-electron chi connectivity index (χ3n) is 5.00. The molecule has 19 heavy (non-hydrogen) atoms. The third kappa shape index (κ3) is 2.58. The number of hydrogen-bond donors (Lipinski definition) is 1. The van der Waals surface area contributed by atoms with Gasteiger partial charge >= 0.3 is 0 Å². The van der Waals surface area contributed by atoms with E-state index in [1.165, 1.54) is 43.5 Å². The molecule has 0 saturated heterocycles. The fourth-order valence-electron chi connectivity index (χ4n) is 3.96. The van der Waals surface area contributed by atoms with Crippen molar-refractivity contribution in [1.29, 1.82) is 0 Å². The zero-order chi connectivity index (χ0) is 13.2. The molecule has 2 aliphatic rings. The molecule has 0 amide bonds. The second-order valence-electron chi connectivity index (χ2n) is 6.35. The number of aryl methyl sites for hydroxylation is 1. The summed E-state index contributed by atoms with van der Waals surface area (Å²) in [5.74, 6) is 0.792. The highest BCUT2D eigenvalue weighted by Gasteiger charge is 2.32. The second kappa shape index (κ2) is 5.66. The zero-order valence-corrected chi connectivity index (χ0v) is 12.0. The van der Waals surface area contributed by atoms with E-state index in [4.69, 9.17) is 0 Å². The fraction of sp³-hybridized carbons (Fsp3) is 0.812. The van der Waals surface area contributed by atoms with Crippen LogP contribution in [0.4, 0.5) is 0 Å². The van der Waals surface area contributed by atoms with E-state index < -0.39 is 0 Å². The minimum atomic E-state index is -0.173. The SMILES string of the molecule is CCCC1CCC(O)C(n2cnc3c2CCCC3)C1. The molecule has 0 bridgehead atoms. The van der Waals surface area contributed by atoms with Gasteiger partial charge in [-0.05, 0) is 50.9 Å². The molecule has 1 fully saturated rings. The van der Waals surface area contributed by atoms with Gasteiger partial charge in [-0.2, -0.15) is 0 Å². The van der Waals surface area contributed by atoms with Crippen molar-refractivity contribution in [2.24, 2.45) is 5.92 Å². The Morgan fingerprint density at radius 2 is 2.16 bits per heavy atom. The van der Waals surface area contributed by atoms with Crippen LogP contribution in [0.1, 0.15) is 69.3 Å². The first-order chi connectivity index (χ1) is 9.29. The highest BCUT2D eigenvalue weighted by atomic mass is 16.3. The number of imidazole rings is 1. The molecule has 106 valence electrons. The van der Waals surface area contributed by atoms with Crippen LogP contribution in [0.2, 0.25) is 0 Å². The van der Waals surface area contributed by atoms with E-state index in [-0.39, 0.29) is 12.1 Å². The molecule has 3 nitrogen and oxygen atoms in total. The molecule has 0 aromatic carbocycles.